The number of nitrogens with zero attached hydrogens (tertiary/aromatic N) is 1. The summed E-state index contributed by atoms with van der Waals surface area (Å²) in [6, 6.07) is 2.51. The van der Waals surface area contributed by atoms with Gasteiger partial charge < -0.3 is 0 Å². The summed E-state index contributed by atoms with van der Waals surface area (Å²) in [4.78, 5) is 0.225. The molecule has 0 fully saturated rings. The van der Waals surface area contributed by atoms with Gasteiger partial charge in [0, 0.05) is 13.6 Å². The van der Waals surface area contributed by atoms with Crippen molar-refractivity contribution in [2.24, 2.45) is 0 Å². The number of aryl methyl sites for hydroxylation is 2. The first kappa shape index (κ1) is 15.1. The molecule has 18 heavy (non-hydrogen) atoms. The summed E-state index contributed by atoms with van der Waals surface area (Å²) in [7, 11) is -1.96. The first-order chi connectivity index (χ1) is 8.30. The van der Waals surface area contributed by atoms with E-state index in [0.29, 0.717) is 17.7 Å². The highest BCUT2D eigenvalue weighted by Crippen LogP contribution is 2.24. The molecule has 0 unspecified atom stereocenters. The van der Waals surface area contributed by atoms with E-state index in [1.807, 2.05) is 6.92 Å². The van der Waals surface area contributed by atoms with Crippen molar-refractivity contribution in [3.8, 4) is 0 Å². The summed E-state index contributed by atoms with van der Waals surface area (Å²) < 4.78 is 39.3. The minimum atomic E-state index is -3.52. The predicted octanol–water partition coefficient (Wildman–Crippen LogP) is 2.86. The van der Waals surface area contributed by atoms with Crippen LogP contribution >= 0.6 is 0 Å². The molecule has 1 aromatic carbocycles. The third kappa shape index (κ3) is 3.09. The Kier molecular flexibility index (Phi) is 4.87. The van der Waals surface area contributed by atoms with Crippen LogP contribution in [0, 0.1) is 19.7 Å². The third-order valence-corrected chi connectivity index (χ3v) is 5.08. The van der Waals surface area contributed by atoms with E-state index >= 15 is 0 Å². The molecule has 0 N–H and O–H groups in total. The van der Waals surface area contributed by atoms with Crippen molar-refractivity contribution in [2.45, 2.75) is 38.5 Å². The highest BCUT2D eigenvalue weighted by molar-refractivity contribution is 7.89. The van der Waals surface area contributed by atoms with Crippen molar-refractivity contribution < 1.29 is 12.8 Å². The van der Waals surface area contributed by atoms with Crippen LogP contribution in [0.4, 0.5) is 4.39 Å². The zero-order valence-electron chi connectivity index (χ0n) is 11.3. The number of benzene rings is 1. The van der Waals surface area contributed by atoms with Gasteiger partial charge in [-0.25, -0.2) is 17.1 Å². The van der Waals surface area contributed by atoms with Crippen LogP contribution in [0.25, 0.3) is 0 Å². The van der Waals surface area contributed by atoms with Gasteiger partial charge in [-0.2, -0.15) is 0 Å². The molecule has 3 nitrogen and oxygen atoms in total. The molecule has 0 saturated heterocycles. The van der Waals surface area contributed by atoms with Crippen molar-refractivity contribution >= 4 is 10.0 Å². The van der Waals surface area contributed by atoms with Crippen LogP contribution in [-0.4, -0.2) is 26.3 Å². The average molecular weight is 273 g/mol. The van der Waals surface area contributed by atoms with Crippen LogP contribution in [0.2, 0.25) is 0 Å². The smallest absolute Gasteiger partial charge is 0.207 e. The van der Waals surface area contributed by atoms with Crippen LogP contribution in [0.3, 0.4) is 0 Å². The SMILES string of the molecule is CCCCN(C)S(=O)(=O)c1c(C)cc(F)cc1C. The Labute approximate surface area is 109 Å². The fourth-order valence-corrected chi connectivity index (χ4v) is 3.57. The van der Waals surface area contributed by atoms with Crippen molar-refractivity contribution in [1.82, 2.24) is 4.31 Å². The Bertz CT molecular complexity index is 503. The fraction of sp³-hybridized carbons (Fsp3) is 0.538. The van der Waals surface area contributed by atoms with E-state index in [9.17, 15) is 12.8 Å². The minimum Gasteiger partial charge on any atom is -0.207 e. The van der Waals surface area contributed by atoms with Gasteiger partial charge in [-0.1, -0.05) is 13.3 Å². The molecule has 102 valence electrons. The molecule has 0 atom stereocenters. The summed E-state index contributed by atoms with van der Waals surface area (Å²) >= 11 is 0. The van der Waals surface area contributed by atoms with Gasteiger partial charge in [-0.3, -0.25) is 0 Å². The molecule has 1 rings (SSSR count). The van der Waals surface area contributed by atoms with Crippen LogP contribution in [0.15, 0.2) is 17.0 Å². The second-order valence-corrected chi connectivity index (χ2v) is 6.53. The largest absolute Gasteiger partial charge is 0.243 e. The maximum Gasteiger partial charge on any atom is 0.243 e. The Morgan fingerprint density at radius 2 is 1.72 bits per heavy atom. The maximum atomic E-state index is 13.2. The molecular formula is C13H20FNO2S. The number of sulfonamides is 1. The van der Waals surface area contributed by atoms with Gasteiger partial charge in [0.25, 0.3) is 0 Å². The van der Waals surface area contributed by atoms with Crippen molar-refractivity contribution in [1.29, 1.82) is 0 Å². The van der Waals surface area contributed by atoms with E-state index < -0.39 is 15.8 Å². The van der Waals surface area contributed by atoms with E-state index in [0.717, 1.165) is 12.8 Å². The predicted molar refractivity (Wildman–Crippen MR) is 70.6 cm³/mol. The fourth-order valence-electron chi connectivity index (χ4n) is 1.96. The van der Waals surface area contributed by atoms with Gasteiger partial charge >= 0.3 is 0 Å². The van der Waals surface area contributed by atoms with Gasteiger partial charge in [-0.05, 0) is 43.5 Å². The second kappa shape index (κ2) is 5.80. The van der Waals surface area contributed by atoms with Gasteiger partial charge in [0.1, 0.15) is 5.82 Å². The summed E-state index contributed by atoms with van der Waals surface area (Å²) in [6.07, 6.45) is 1.75. The summed E-state index contributed by atoms with van der Waals surface area (Å²) in [5, 5.41) is 0. The minimum absolute atomic E-state index is 0.225. The molecule has 5 heteroatoms. The van der Waals surface area contributed by atoms with Crippen LogP contribution < -0.4 is 0 Å². The van der Waals surface area contributed by atoms with Gasteiger partial charge in [-0.15, -0.1) is 0 Å². The quantitative estimate of drug-likeness (QED) is 0.827. The van der Waals surface area contributed by atoms with E-state index in [1.54, 1.807) is 20.9 Å². The summed E-state index contributed by atoms with van der Waals surface area (Å²) in [6.45, 7) is 5.73. The number of hydrogen-bond acceptors (Lipinski definition) is 2. The molecule has 0 aliphatic heterocycles. The van der Waals surface area contributed by atoms with Gasteiger partial charge in [0.2, 0.25) is 10.0 Å². The molecule has 0 aliphatic carbocycles. The molecule has 0 amide bonds. The van der Waals surface area contributed by atoms with E-state index in [-0.39, 0.29) is 4.90 Å². The number of halogens is 1. The number of unbranched alkanes of at least 4 members (excludes halogenated alkanes) is 1. The molecule has 0 spiro atoms. The number of rotatable bonds is 5. The van der Waals surface area contributed by atoms with E-state index in [1.165, 1.54) is 16.4 Å². The topological polar surface area (TPSA) is 37.4 Å². The van der Waals surface area contributed by atoms with Crippen molar-refractivity contribution in [3.63, 3.8) is 0 Å². The van der Waals surface area contributed by atoms with Gasteiger partial charge in [0.15, 0.2) is 0 Å². The van der Waals surface area contributed by atoms with Crippen LogP contribution in [0.5, 0.6) is 0 Å². The normalized spacial score (nSPS) is 12.1. The summed E-state index contributed by atoms with van der Waals surface area (Å²) in [5.74, 6) is -0.403. The average Bonchev–Trinajstić information content (AvgIpc) is 2.23. The van der Waals surface area contributed by atoms with E-state index in [2.05, 4.69) is 0 Å². The Morgan fingerprint density at radius 3 is 2.17 bits per heavy atom. The maximum absolute atomic E-state index is 13.2. The lowest BCUT2D eigenvalue weighted by Gasteiger charge is -2.19. The lowest BCUT2D eigenvalue weighted by atomic mass is 10.1. The first-order valence-electron chi connectivity index (χ1n) is 6.03. The van der Waals surface area contributed by atoms with Crippen molar-refractivity contribution in [2.75, 3.05) is 13.6 Å². The number of hydrogen-bond donors (Lipinski definition) is 0. The lowest BCUT2D eigenvalue weighted by molar-refractivity contribution is 0.458. The summed E-state index contributed by atoms with van der Waals surface area (Å²) in [5.41, 5.74) is 0.909. The van der Waals surface area contributed by atoms with Crippen LogP contribution in [-0.2, 0) is 10.0 Å². The first-order valence-corrected chi connectivity index (χ1v) is 7.47. The highest BCUT2D eigenvalue weighted by atomic mass is 32.2. The van der Waals surface area contributed by atoms with E-state index in [4.69, 9.17) is 0 Å². The monoisotopic (exact) mass is 273 g/mol. The Morgan fingerprint density at radius 1 is 1.22 bits per heavy atom. The zero-order valence-corrected chi connectivity index (χ0v) is 12.1. The molecule has 0 bridgehead atoms. The molecule has 0 heterocycles. The molecule has 1 aromatic rings. The Hall–Kier alpha value is -0.940. The molecule has 0 radical (unpaired) electrons. The molecule has 0 aliphatic rings. The second-order valence-electron chi connectivity index (χ2n) is 4.55. The van der Waals surface area contributed by atoms with Gasteiger partial charge in [0.05, 0.1) is 4.90 Å². The molecule has 0 aromatic heterocycles. The molecular weight excluding hydrogens is 253 g/mol. The van der Waals surface area contributed by atoms with Crippen LogP contribution in [0.1, 0.15) is 30.9 Å². The molecule has 0 saturated carbocycles. The Balaban J connectivity index is 3.20. The zero-order chi connectivity index (χ0) is 13.9. The van der Waals surface area contributed by atoms with Crippen molar-refractivity contribution in [3.05, 3.63) is 29.1 Å². The standard InChI is InChI=1S/C13H20FNO2S/c1-5-6-7-15(4)18(16,17)13-10(2)8-12(14)9-11(13)3/h8-9H,5-7H2,1-4H3. The highest BCUT2D eigenvalue weighted by Gasteiger charge is 2.24. The lowest BCUT2D eigenvalue weighted by Crippen LogP contribution is -2.29. The third-order valence-electron chi connectivity index (χ3n) is 2.92.